The van der Waals surface area contributed by atoms with Gasteiger partial charge < -0.3 is 15.3 Å². The van der Waals surface area contributed by atoms with E-state index in [-0.39, 0.29) is 0 Å². The Morgan fingerprint density at radius 2 is 1.90 bits per heavy atom. The monoisotopic (exact) mass is 282 g/mol. The zero-order chi connectivity index (χ0) is 14.8. The van der Waals surface area contributed by atoms with E-state index in [1.54, 1.807) is 0 Å². The summed E-state index contributed by atoms with van der Waals surface area (Å²) in [4.78, 5) is 14.8. The molecule has 5 heteroatoms. The molecule has 0 saturated carbocycles. The molecule has 5 nitrogen and oxygen atoms in total. The molecule has 0 aliphatic carbocycles. The summed E-state index contributed by atoms with van der Waals surface area (Å²) in [5.41, 5.74) is 10.0. The number of carbonyl (C=O) groups is 1. The smallest absolute Gasteiger partial charge is 0.320 e. The third-order valence-electron chi connectivity index (χ3n) is 3.39. The number of carboxylic acids is 1. The molecule has 1 aromatic heterocycles. The van der Waals surface area contributed by atoms with Crippen LogP contribution in [0, 0.1) is 0 Å². The lowest BCUT2D eigenvalue weighted by Crippen LogP contribution is -2.32. The Labute approximate surface area is 121 Å². The summed E-state index contributed by atoms with van der Waals surface area (Å²) in [5, 5.41) is 8.81. The fourth-order valence-corrected chi connectivity index (χ4v) is 2.21. The molecule has 0 aliphatic rings. The first-order chi connectivity index (χ1) is 10.1. The molecule has 3 rings (SSSR count). The van der Waals surface area contributed by atoms with Crippen molar-refractivity contribution in [1.82, 2.24) is 4.98 Å². The molecule has 1 atom stereocenters. The highest BCUT2D eigenvalue weighted by Crippen LogP contribution is 2.24. The van der Waals surface area contributed by atoms with Gasteiger partial charge in [-0.15, -0.1) is 0 Å². The number of nitrogens with two attached hydrogens (primary N) is 1. The maximum absolute atomic E-state index is 10.7. The van der Waals surface area contributed by atoms with E-state index < -0.39 is 12.0 Å². The standard InChI is InChI=1S/C16H14N2O3/c17-13(16(19)20)7-10-1-3-11(4-2-10)12-5-6-14-15(8-12)21-9-18-14/h1-6,8-9,13H,7,17H2,(H,19,20)/t13-/m0/s1. The predicted molar refractivity (Wildman–Crippen MR) is 78.8 cm³/mol. The number of fused-ring (bicyclic) bond motifs is 1. The first-order valence-corrected chi connectivity index (χ1v) is 6.54. The first-order valence-electron chi connectivity index (χ1n) is 6.54. The molecular formula is C16H14N2O3. The van der Waals surface area contributed by atoms with Gasteiger partial charge in [0.1, 0.15) is 11.6 Å². The fourth-order valence-electron chi connectivity index (χ4n) is 2.21. The van der Waals surface area contributed by atoms with Crippen molar-refractivity contribution >= 4 is 17.1 Å². The minimum atomic E-state index is -0.991. The van der Waals surface area contributed by atoms with Gasteiger partial charge in [0.05, 0.1) is 0 Å². The Bertz CT molecular complexity index is 778. The van der Waals surface area contributed by atoms with Crippen LogP contribution in [0.1, 0.15) is 5.56 Å². The number of carboxylic acid groups (broad SMARTS) is 1. The summed E-state index contributed by atoms with van der Waals surface area (Å²) >= 11 is 0. The van der Waals surface area contributed by atoms with Crippen LogP contribution in [0.3, 0.4) is 0 Å². The topological polar surface area (TPSA) is 89.4 Å². The van der Waals surface area contributed by atoms with E-state index in [1.807, 2.05) is 42.5 Å². The van der Waals surface area contributed by atoms with Crippen LogP contribution in [0.2, 0.25) is 0 Å². The van der Waals surface area contributed by atoms with Crippen molar-refractivity contribution in [3.63, 3.8) is 0 Å². The van der Waals surface area contributed by atoms with Gasteiger partial charge in [0.15, 0.2) is 12.0 Å². The van der Waals surface area contributed by atoms with Crippen LogP contribution in [0.25, 0.3) is 22.2 Å². The molecule has 3 N–H and O–H groups in total. The van der Waals surface area contributed by atoms with Gasteiger partial charge in [-0.3, -0.25) is 4.79 Å². The molecule has 0 amide bonds. The average Bonchev–Trinajstić information content (AvgIpc) is 2.95. The first kappa shape index (κ1) is 13.3. The predicted octanol–water partition coefficient (Wildman–Crippen LogP) is 2.45. The van der Waals surface area contributed by atoms with Crippen LogP contribution in [0.5, 0.6) is 0 Å². The summed E-state index contributed by atoms with van der Waals surface area (Å²) in [6, 6.07) is 12.6. The van der Waals surface area contributed by atoms with Crippen LogP contribution in [-0.2, 0) is 11.2 Å². The highest BCUT2D eigenvalue weighted by Gasteiger charge is 2.12. The molecule has 1 heterocycles. The van der Waals surface area contributed by atoms with E-state index in [0.717, 1.165) is 27.8 Å². The summed E-state index contributed by atoms with van der Waals surface area (Å²) in [6.45, 7) is 0. The van der Waals surface area contributed by atoms with Gasteiger partial charge in [0.2, 0.25) is 0 Å². The number of oxazole rings is 1. The van der Waals surface area contributed by atoms with Gasteiger partial charge in [-0.1, -0.05) is 30.3 Å². The molecule has 106 valence electrons. The van der Waals surface area contributed by atoms with Crippen molar-refractivity contribution in [2.24, 2.45) is 5.73 Å². The quantitative estimate of drug-likeness (QED) is 0.767. The molecular weight excluding hydrogens is 268 g/mol. The molecule has 0 fully saturated rings. The third kappa shape index (κ3) is 2.78. The zero-order valence-corrected chi connectivity index (χ0v) is 11.2. The van der Waals surface area contributed by atoms with E-state index in [9.17, 15) is 4.79 Å². The van der Waals surface area contributed by atoms with Gasteiger partial charge in [-0.25, -0.2) is 4.98 Å². The molecule has 0 saturated heterocycles. The third-order valence-corrected chi connectivity index (χ3v) is 3.39. The van der Waals surface area contributed by atoms with E-state index in [0.29, 0.717) is 6.42 Å². The van der Waals surface area contributed by atoms with Crippen LogP contribution >= 0.6 is 0 Å². The number of hydrogen-bond donors (Lipinski definition) is 2. The maximum Gasteiger partial charge on any atom is 0.320 e. The molecule has 0 bridgehead atoms. The second-order valence-electron chi connectivity index (χ2n) is 4.88. The van der Waals surface area contributed by atoms with Crippen molar-refractivity contribution in [2.45, 2.75) is 12.5 Å². The number of benzene rings is 2. The molecule has 21 heavy (non-hydrogen) atoms. The van der Waals surface area contributed by atoms with E-state index in [4.69, 9.17) is 15.3 Å². The summed E-state index contributed by atoms with van der Waals surface area (Å²) in [6.07, 6.45) is 1.74. The number of hydrogen-bond acceptors (Lipinski definition) is 4. The Morgan fingerprint density at radius 1 is 1.19 bits per heavy atom. The normalized spacial score (nSPS) is 12.4. The summed E-state index contributed by atoms with van der Waals surface area (Å²) in [7, 11) is 0. The van der Waals surface area contributed by atoms with Gasteiger partial charge >= 0.3 is 5.97 Å². The van der Waals surface area contributed by atoms with Crippen LogP contribution in [0.4, 0.5) is 0 Å². The lowest BCUT2D eigenvalue weighted by atomic mass is 10.0. The number of aliphatic carboxylic acids is 1. The van der Waals surface area contributed by atoms with E-state index >= 15 is 0 Å². The van der Waals surface area contributed by atoms with Gasteiger partial charge in [0, 0.05) is 0 Å². The van der Waals surface area contributed by atoms with E-state index in [2.05, 4.69) is 4.98 Å². The lowest BCUT2D eigenvalue weighted by molar-refractivity contribution is -0.138. The molecule has 3 aromatic rings. The minimum absolute atomic E-state index is 0.316. The van der Waals surface area contributed by atoms with Crippen LogP contribution in [0.15, 0.2) is 53.3 Å². The molecule has 0 spiro atoms. The lowest BCUT2D eigenvalue weighted by Gasteiger charge is -2.07. The van der Waals surface area contributed by atoms with Crippen molar-refractivity contribution in [3.05, 3.63) is 54.4 Å². The zero-order valence-electron chi connectivity index (χ0n) is 11.2. The number of aromatic nitrogens is 1. The second kappa shape index (κ2) is 5.38. The van der Waals surface area contributed by atoms with Gasteiger partial charge in [0.25, 0.3) is 0 Å². The Morgan fingerprint density at radius 3 is 2.62 bits per heavy atom. The molecule has 0 unspecified atom stereocenters. The van der Waals surface area contributed by atoms with Crippen molar-refractivity contribution in [3.8, 4) is 11.1 Å². The Kier molecular flexibility index (Phi) is 3.41. The van der Waals surface area contributed by atoms with Gasteiger partial charge in [-0.2, -0.15) is 0 Å². The average molecular weight is 282 g/mol. The Hall–Kier alpha value is -2.66. The highest BCUT2D eigenvalue weighted by atomic mass is 16.4. The van der Waals surface area contributed by atoms with Crippen molar-refractivity contribution in [1.29, 1.82) is 0 Å². The van der Waals surface area contributed by atoms with Crippen molar-refractivity contribution in [2.75, 3.05) is 0 Å². The SMILES string of the molecule is N[C@@H](Cc1ccc(-c2ccc3ncoc3c2)cc1)C(=O)O. The fraction of sp³-hybridized carbons (Fsp3) is 0.125. The Balaban J connectivity index is 1.84. The molecule has 0 radical (unpaired) electrons. The highest BCUT2D eigenvalue weighted by molar-refractivity contribution is 5.80. The number of nitrogens with zero attached hydrogens (tertiary/aromatic N) is 1. The molecule has 0 aliphatic heterocycles. The maximum atomic E-state index is 10.7. The number of rotatable bonds is 4. The van der Waals surface area contributed by atoms with Crippen LogP contribution in [-0.4, -0.2) is 22.1 Å². The van der Waals surface area contributed by atoms with Crippen molar-refractivity contribution < 1.29 is 14.3 Å². The summed E-state index contributed by atoms with van der Waals surface area (Å²) in [5.74, 6) is -0.991. The second-order valence-corrected chi connectivity index (χ2v) is 4.88. The van der Waals surface area contributed by atoms with E-state index in [1.165, 1.54) is 6.39 Å². The largest absolute Gasteiger partial charge is 0.480 e. The molecule has 2 aromatic carbocycles. The van der Waals surface area contributed by atoms with Crippen LogP contribution < -0.4 is 5.73 Å². The summed E-state index contributed by atoms with van der Waals surface area (Å²) < 4.78 is 5.29. The minimum Gasteiger partial charge on any atom is -0.480 e. The van der Waals surface area contributed by atoms with Gasteiger partial charge in [-0.05, 0) is 35.2 Å².